The highest BCUT2D eigenvalue weighted by Crippen LogP contribution is 2.34. The second-order valence-corrected chi connectivity index (χ2v) is 6.05. The first-order valence-electron chi connectivity index (χ1n) is 4.85. The van der Waals surface area contributed by atoms with Crippen molar-refractivity contribution in [1.29, 1.82) is 0 Å². The molecule has 0 atom stereocenters. The van der Waals surface area contributed by atoms with Gasteiger partial charge in [-0.25, -0.2) is 0 Å². The Morgan fingerprint density at radius 2 is 1.76 bits per heavy atom. The maximum absolute atomic E-state index is 11.6. The molecule has 94 valence electrons. The van der Waals surface area contributed by atoms with E-state index in [-0.39, 0.29) is 27.5 Å². The first-order valence-corrected chi connectivity index (χ1v) is 7.09. The number of anilines is 1. The van der Waals surface area contributed by atoms with Gasteiger partial charge in [-0.05, 0) is 25.0 Å². The number of benzene rings is 1. The molecule has 1 fully saturated rings. The molecule has 17 heavy (non-hydrogen) atoms. The fourth-order valence-corrected chi connectivity index (χ4v) is 2.88. The molecular formula is C9H10Cl2N2O3S. The standard InChI is InChI=1S/C9H10Cl2N2O3S/c10-7-3-6(4-8(11)9(7)14)13-17(15,16)12-5-1-2-5/h3-5,12-14H,1-2H2. The van der Waals surface area contributed by atoms with Crippen molar-refractivity contribution in [2.24, 2.45) is 0 Å². The molecule has 1 aliphatic rings. The summed E-state index contributed by atoms with van der Waals surface area (Å²) in [5.41, 5.74) is 0.200. The number of rotatable bonds is 4. The van der Waals surface area contributed by atoms with Crippen LogP contribution in [0.4, 0.5) is 5.69 Å². The lowest BCUT2D eigenvalue weighted by Crippen LogP contribution is -2.31. The molecule has 0 amide bonds. The molecule has 1 aromatic rings. The highest BCUT2D eigenvalue weighted by molar-refractivity contribution is 7.90. The van der Waals surface area contributed by atoms with E-state index in [2.05, 4.69) is 9.44 Å². The van der Waals surface area contributed by atoms with Crippen molar-refractivity contribution >= 4 is 39.1 Å². The molecule has 0 bridgehead atoms. The quantitative estimate of drug-likeness (QED) is 0.745. The van der Waals surface area contributed by atoms with Gasteiger partial charge in [0.15, 0.2) is 5.75 Å². The van der Waals surface area contributed by atoms with Gasteiger partial charge in [-0.1, -0.05) is 23.2 Å². The molecule has 1 saturated carbocycles. The summed E-state index contributed by atoms with van der Waals surface area (Å²) in [7, 11) is -3.62. The van der Waals surface area contributed by atoms with E-state index in [4.69, 9.17) is 23.2 Å². The van der Waals surface area contributed by atoms with Crippen LogP contribution in [0.1, 0.15) is 12.8 Å². The molecule has 0 aromatic heterocycles. The summed E-state index contributed by atoms with van der Waals surface area (Å²) in [6.07, 6.45) is 1.69. The zero-order chi connectivity index (χ0) is 12.6. The Morgan fingerprint density at radius 3 is 2.24 bits per heavy atom. The van der Waals surface area contributed by atoms with Crippen LogP contribution in [0.5, 0.6) is 5.75 Å². The van der Waals surface area contributed by atoms with Crippen molar-refractivity contribution in [3.63, 3.8) is 0 Å². The van der Waals surface area contributed by atoms with Crippen LogP contribution >= 0.6 is 23.2 Å². The molecule has 0 radical (unpaired) electrons. The molecule has 0 unspecified atom stereocenters. The largest absolute Gasteiger partial charge is 0.505 e. The molecule has 1 aromatic carbocycles. The van der Waals surface area contributed by atoms with Gasteiger partial charge in [0.25, 0.3) is 10.2 Å². The van der Waals surface area contributed by atoms with Gasteiger partial charge >= 0.3 is 0 Å². The smallest absolute Gasteiger partial charge is 0.299 e. The lowest BCUT2D eigenvalue weighted by molar-refractivity contribution is 0.476. The van der Waals surface area contributed by atoms with Gasteiger partial charge in [0.2, 0.25) is 0 Å². The Morgan fingerprint density at radius 1 is 1.24 bits per heavy atom. The average Bonchev–Trinajstić information content (AvgIpc) is 2.96. The highest BCUT2D eigenvalue weighted by Gasteiger charge is 2.27. The van der Waals surface area contributed by atoms with Gasteiger partial charge in [-0.3, -0.25) is 4.72 Å². The fraction of sp³-hybridized carbons (Fsp3) is 0.333. The summed E-state index contributed by atoms with van der Waals surface area (Å²) in [6, 6.07) is 2.58. The normalized spacial score (nSPS) is 15.9. The third-order valence-corrected chi connectivity index (χ3v) is 3.89. The van der Waals surface area contributed by atoms with E-state index >= 15 is 0 Å². The minimum Gasteiger partial charge on any atom is -0.505 e. The van der Waals surface area contributed by atoms with Crippen molar-refractivity contribution in [2.45, 2.75) is 18.9 Å². The maximum atomic E-state index is 11.6. The first-order chi connectivity index (χ1) is 7.87. The van der Waals surface area contributed by atoms with Crippen LogP contribution in [0.2, 0.25) is 10.0 Å². The van der Waals surface area contributed by atoms with E-state index in [1.54, 1.807) is 0 Å². The second-order valence-electron chi connectivity index (χ2n) is 3.79. The van der Waals surface area contributed by atoms with E-state index in [1.165, 1.54) is 12.1 Å². The number of nitrogens with one attached hydrogen (secondary N) is 2. The SMILES string of the molecule is O=S(=O)(Nc1cc(Cl)c(O)c(Cl)c1)NC1CC1. The topological polar surface area (TPSA) is 78.4 Å². The summed E-state index contributed by atoms with van der Waals surface area (Å²) in [6.45, 7) is 0. The minimum absolute atomic E-state index is 0.00978. The summed E-state index contributed by atoms with van der Waals surface area (Å²) < 4.78 is 27.9. The lowest BCUT2D eigenvalue weighted by Gasteiger charge is -2.10. The Hall–Kier alpha value is -0.690. The lowest BCUT2D eigenvalue weighted by atomic mass is 10.3. The minimum atomic E-state index is -3.62. The Balaban J connectivity index is 2.17. The summed E-state index contributed by atoms with van der Waals surface area (Å²) in [5.74, 6) is -0.272. The summed E-state index contributed by atoms with van der Waals surface area (Å²) >= 11 is 11.4. The van der Waals surface area contributed by atoms with Crippen molar-refractivity contribution in [2.75, 3.05) is 4.72 Å². The molecular weight excluding hydrogens is 287 g/mol. The molecule has 5 nitrogen and oxygen atoms in total. The van der Waals surface area contributed by atoms with Gasteiger partial charge < -0.3 is 5.11 Å². The van der Waals surface area contributed by atoms with Crippen LogP contribution in [-0.2, 0) is 10.2 Å². The molecule has 0 heterocycles. The van der Waals surface area contributed by atoms with Gasteiger partial charge in [-0.2, -0.15) is 13.1 Å². The van der Waals surface area contributed by atoms with Crippen molar-refractivity contribution < 1.29 is 13.5 Å². The third kappa shape index (κ3) is 3.38. The fourth-order valence-electron chi connectivity index (χ4n) is 1.23. The second kappa shape index (κ2) is 4.53. The van der Waals surface area contributed by atoms with Gasteiger partial charge in [0, 0.05) is 6.04 Å². The van der Waals surface area contributed by atoms with Crippen molar-refractivity contribution in [3.05, 3.63) is 22.2 Å². The zero-order valence-electron chi connectivity index (χ0n) is 8.57. The molecule has 3 N–H and O–H groups in total. The summed E-state index contributed by atoms with van der Waals surface area (Å²) in [4.78, 5) is 0. The van der Waals surface area contributed by atoms with Crippen LogP contribution in [0.25, 0.3) is 0 Å². The Labute approximate surface area is 109 Å². The molecule has 8 heteroatoms. The van der Waals surface area contributed by atoms with Gasteiger partial charge in [0.1, 0.15) is 0 Å². The monoisotopic (exact) mass is 296 g/mol. The van der Waals surface area contributed by atoms with E-state index < -0.39 is 10.2 Å². The maximum Gasteiger partial charge on any atom is 0.299 e. The van der Waals surface area contributed by atoms with Crippen LogP contribution in [0, 0.1) is 0 Å². The van der Waals surface area contributed by atoms with Gasteiger partial charge in [0.05, 0.1) is 15.7 Å². The number of hydrogen-bond donors (Lipinski definition) is 3. The number of aromatic hydroxyl groups is 1. The van der Waals surface area contributed by atoms with E-state index in [0.717, 1.165) is 12.8 Å². The van der Waals surface area contributed by atoms with Crippen LogP contribution < -0.4 is 9.44 Å². The van der Waals surface area contributed by atoms with E-state index in [9.17, 15) is 13.5 Å². The van der Waals surface area contributed by atoms with Crippen LogP contribution in [-0.4, -0.2) is 19.6 Å². The van der Waals surface area contributed by atoms with Crippen molar-refractivity contribution in [3.8, 4) is 5.75 Å². The molecule has 0 saturated heterocycles. The van der Waals surface area contributed by atoms with E-state index in [0.29, 0.717) is 0 Å². The van der Waals surface area contributed by atoms with Crippen LogP contribution in [0.3, 0.4) is 0 Å². The van der Waals surface area contributed by atoms with Crippen LogP contribution in [0.15, 0.2) is 12.1 Å². The molecule has 1 aliphatic carbocycles. The van der Waals surface area contributed by atoms with E-state index in [1.807, 2.05) is 0 Å². The predicted molar refractivity (Wildman–Crippen MR) is 66.8 cm³/mol. The average molecular weight is 297 g/mol. The third-order valence-electron chi connectivity index (χ3n) is 2.17. The summed E-state index contributed by atoms with van der Waals surface area (Å²) in [5, 5.41) is 9.30. The Kier molecular flexibility index (Phi) is 3.40. The van der Waals surface area contributed by atoms with Crippen molar-refractivity contribution in [1.82, 2.24) is 4.72 Å². The van der Waals surface area contributed by atoms with Gasteiger partial charge in [-0.15, -0.1) is 0 Å². The molecule has 0 aliphatic heterocycles. The molecule has 0 spiro atoms. The predicted octanol–water partition coefficient (Wildman–Crippen LogP) is 2.11. The number of phenols is 1. The zero-order valence-corrected chi connectivity index (χ0v) is 10.9. The Bertz CT molecular complexity index is 520. The highest BCUT2D eigenvalue weighted by atomic mass is 35.5. The number of halogens is 2. The first kappa shape index (κ1) is 12.8. The number of hydrogen-bond acceptors (Lipinski definition) is 3. The molecule has 2 rings (SSSR count). The number of phenolic OH excluding ortho intramolecular Hbond substituents is 1.